The molecule has 12 rings (SSSR count). The SMILES string of the molecule is c1ccc2nc3cc4c(cc3nc2c1)C1c2cc3nc5ccccc5nc3cc2C4c2cc3nc4ccccc4nc3cc21. The third kappa shape index (κ3) is 2.94. The molecule has 0 unspecified atom stereocenters. The summed E-state index contributed by atoms with van der Waals surface area (Å²) in [4.78, 5) is 30.3. The molecule has 0 N–H and O–H groups in total. The first-order chi connectivity index (χ1) is 21.7. The summed E-state index contributed by atoms with van der Waals surface area (Å²) < 4.78 is 0. The number of benzene rings is 6. The summed E-state index contributed by atoms with van der Waals surface area (Å²) in [5.41, 5.74) is 18.5. The molecule has 9 aromatic rings. The minimum Gasteiger partial charge on any atom is -0.244 e. The average molecular weight is 561 g/mol. The van der Waals surface area contributed by atoms with Crippen molar-refractivity contribution in [1.29, 1.82) is 0 Å². The van der Waals surface area contributed by atoms with Gasteiger partial charge in [0.15, 0.2) is 0 Å². The Balaban J connectivity index is 1.24. The van der Waals surface area contributed by atoms with Crippen LogP contribution in [0.3, 0.4) is 0 Å². The molecule has 0 saturated heterocycles. The van der Waals surface area contributed by atoms with Crippen molar-refractivity contribution in [3.63, 3.8) is 0 Å². The number of para-hydroxylation sites is 6. The molecule has 0 amide bonds. The second-order valence-electron chi connectivity index (χ2n) is 11.9. The van der Waals surface area contributed by atoms with Crippen molar-refractivity contribution in [2.45, 2.75) is 11.8 Å². The van der Waals surface area contributed by atoms with Crippen LogP contribution in [0.2, 0.25) is 0 Å². The van der Waals surface area contributed by atoms with Crippen molar-refractivity contribution in [3.8, 4) is 0 Å². The van der Waals surface area contributed by atoms with Crippen molar-refractivity contribution in [2.24, 2.45) is 0 Å². The van der Waals surface area contributed by atoms with Crippen LogP contribution in [-0.4, -0.2) is 29.9 Å². The highest BCUT2D eigenvalue weighted by Gasteiger charge is 2.42. The first-order valence-electron chi connectivity index (χ1n) is 14.9. The van der Waals surface area contributed by atoms with Crippen LogP contribution in [0.5, 0.6) is 0 Å². The van der Waals surface area contributed by atoms with Gasteiger partial charge in [-0.15, -0.1) is 0 Å². The van der Waals surface area contributed by atoms with Crippen LogP contribution in [-0.2, 0) is 0 Å². The molecular weight excluding hydrogens is 540 g/mol. The molecule has 0 aliphatic heterocycles. The number of fused-ring (bicyclic) bond motifs is 6. The maximum Gasteiger partial charge on any atom is 0.0897 e. The van der Waals surface area contributed by atoms with Gasteiger partial charge in [0.1, 0.15) is 0 Å². The highest BCUT2D eigenvalue weighted by molar-refractivity contribution is 5.93. The summed E-state index contributed by atoms with van der Waals surface area (Å²) in [6.07, 6.45) is 0. The van der Waals surface area contributed by atoms with Gasteiger partial charge in [0, 0.05) is 11.8 Å². The normalized spacial score (nSPS) is 16.6. The first kappa shape index (κ1) is 22.7. The van der Waals surface area contributed by atoms with E-state index in [1.165, 1.54) is 33.4 Å². The summed E-state index contributed by atoms with van der Waals surface area (Å²) in [6, 6.07) is 37.9. The van der Waals surface area contributed by atoms with E-state index >= 15 is 0 Å². The number of nitrogens with zero attached hydrogens (tertiary/aromatic N) is 6. The molecule has 6 nitrogen and oxygen atoms in total. The number of hydrogen-bond donors (Lipinski definition) is 0. The summed E-state index contributed by atoms with van der Waals surface area (Å²) in [5, 5.41) is 0. The lowest BCUT2D eigenvalue weighted by Crippen LogP contribution is -2.28. The van der Waals surface area contributed by atoms with E-state index in [9.17, 15) is 0 Å². The van der Waals surface area contributed by atoms with Gasteiger partial charge in [-0.05, 0) is 106 Å². The lowest BCUT2D eigenvalue weighted by molar-refractivity contribution is 0.759. The summed E-state index contributed by atoms with van der Waals surface area (Å²) >= 11 is 0. The highest BCUT2D eigenvalue weighted by atomic mass is 14.8. The molecule has 3 aliphatic rings. The maximum atomic E-state index is 5.04. The molecule has 0 atom stereocenters. The van der Waals surface area contributed by atoms with Crippen LogP contribution in [0.4, 0.5) is 0 Å². The van der Waals surface area contributed by atoms with E-state index in [2.05, 4.69) is 36.4 Å². The fourth-order valence-electron chi connectivity index (χ4n) is 7.61. The van der Waals surface area contributed by atoms with Gasteiger partial charge in [-0.2, -0.15) is 0 Å². The maximum absolute atomic E-state index is 5.04. The Hall–Kier alpha value is -5.88. The van der Waals surface area contributed by atoms with Crippen LogP contribution >= 0.6 is 0 Å². The van der Waals surface area contributed by atoms with Crippen molar-refractivity contribution < 1.29 is 0 Å². The molecule has 0 radical (unpaired) electrons. The summed E-state index contributed by atoms with van der Waals surface area (Å²) in [6.45, 7) is 0. The largest absolute Gasteiger partial charge is 0.244 e. The predicted molar refractivity (Wildman–Crippen MR) is 173 cm³/mol. The van der Waals surface area contributed by atoms with Gasteiger partial charge in [-0.3, -0.25) is 0 Å². The van der Waals surface area contributed by atoms with Gasteiger partial charge in [0.25, 0.3) is 0 Å². The Morgan fingerprint density at radius 3 is 0.614 bits per heavy atom. The molecule has 2 bridgehead atoms. The Labute approximate surface area is 250 Å². The molecule has 3 heterocycles. The topological polar surface area (TPSA) is 77.3 Å². The third-order valence-electron chi connectivity index (χ3n) is 9.50. The third-order valence-corrected chi connectivity index (χ3v) is 9.50. The Morgan fingerprint density at radius 1 is 0.250 bits per heavy atom. The van der Waals surface area contributed by atoms with Gasteiger partial charge in [0.05, 0.1) is 66.2 Å². The lowest BCUT2D eigenvalue weighted by Gasteiger charge is -2.42. The van der Waals surface area contributed by atoms with Gasteiger partial charge in [0.2, 0.25) is 0 Å². The zero-order valence-electron chi connectivity index (χ0n) is 23.2. The minimum atomic E-state index is 0.00742. The number of hydrogen-bond acceptors (Lipinski definition) is 6. The van der Waals surface area contributed by atoms with Crippen molar-refractivity contribution in [3.05, 3.63) is 143 Å². The molecule has 0 fully saturated rings. The fraction of sp³-hybridized carbons (Fsp3) is 0.0526. The van der Waals surface area contributed by atoms with Crippen LogP contribution in [0, 0.1) is 0 Å². The van der Waals surface area contributed by atoms with E-state index in [0.29, 0.717) is 0 Å². The van der Waals surface area contributed by atoms with E-state index in [-0.39, 0.29) is 11.8 Å². The molecule has 0 spiro atoms. The van der Waals surface area contributed by atoms with Gasteiger partial charge < -0.3 is 0 Å². The van der Waals surface area contributed by atoms with Crippen LogP contribution in [0.15, 0.2) is 109 Å². The van der Waals surface area contributed by atoms with E-state index in [4.69, 9.17) is 29.9 Å². The summed E-state index contributed by atoms with van der Waals surface area (Å²) in [5.74, 6) is 0.0148. The monoisotopic (exact) mass is 560 g/mol. The Morgan fingerprint density at radius 2 is 0.432 bits per heavy atom. The van der Waals surface area contributed by atoms with E-state index in [0.717, 1.165) is 66.2 Å². The van der Waals surface area contributed by atoms with Crippen molar-refractivity contribution >= 4 is 66.2 Å². The quantitative estimate of drug-likeness (QED) is 0.175. The number of rotatable bonds is 0. The van der Waals surface area contributed by atoms with Gasteiger partial charge in [-0.25, -0.2) is 29.9 Å². The Bertz CT molecular complexity index is 2260. The average Bonchev–Trinajstić information content (AvgIpc) is 3.06. The molecule has 44 heavy (non-hydrogen) atoms. The predicted octanol–water partition coefficient (Wildman–Crippen LogP) is 7.96. The van der Waals surface area contributed by atoms with Crippen molar-refractivity contribution in [1.82, 2.24) is 29.9 Å². The van der Waals surface area contributed by atoms with Gasteiger partial charge >= 0.3 is 0 Å². The molecule has 6 aromatic carbocycles. The first-order valence-corrected chi connectivity index (χ1v) is 14.9. The molecule has 3 aliphatic carbocycles. The van der Waals surface area contributed by atoms with E-state index in [1.807, 2.05) is 72.8 Å². The molecular formula is C38H20N6. The van der Waals surface area contributed by atoms with Crippen LogP contribution in [0.1, 0.15) is 45.2 Å². The minimum absolute atomic E-state index is 0.00742. The molecule has 0 saturated carbocycles. The van der Waals surface area contributed by atoms with E-state index in [1.54, 1.807) is 0 Å². The van der Waals surface area contributed by atoms with Crippen LogP contribution < -0.4 is 0 Å². The van der Waals surface area contributed by atoms with E-state index < -0.39 is 0 Å². The Kier molecular flexibility index (Phi) is 4.09. The number of aromatic nitrogens is 6. The summed E-state index contributed by atoms with van der Waals surface area (Å²) in [7, 11) is 0. The van der Waals surface area contributed by atoms with Crippen molar-refractivity contribution in [2.75, 3.05) is 0 Å². The standard InChI is InChI=1S/C38H20N6/c1-2-8-26-25(7-1)39-31-13-19-20(14-32(31)40-26)38-23-17-35-33(41-27-9-3-5-11-29(27)43-35)15-21(23)37(19)22-16-34-36(18-24(22)38)44-30-12-6-4-10-28(30)42-34/h1-18,37-38H. The highest BCUT2D eigenvalue weighted by Crippen LogP contribution is 2.57. The zero-order chi connectivity index (χ0) is 28.5. The molecule has 3 aromatic heterocycles. The van der Waals surface area contributed by atoms with Gasteiger partial charge in [-0.1, -0.05) is 36.4 Å². The zero-order valence-corrected chi connectivity index (χ0v) is 23.2. The second-order valence-corrected chi connectivity index (χ2v) is 11.9. The molecule has 202 valence electrons. The van der Waals surface area contributed by atoms with Crippen LogP contribution in [0.25, 0.3) is 66.2 Å². The molecule has 6 heteroatoms. The smallest absolute Gasteiger partial charge is 0.0897 e. The second kappa shape index (κ2) is 7.94. The fourth-order valence-corrected chi connectivity index (χ4v) is 7.61. The lowest BCUT2D eigenvalue weighted by atomic mass is 9.61.